The van der Waals surface area contributed by atoms with E-state index in [1.165, 1.54) is 16.9 Å². The van der Waals surface area contributed by atoms with Crippen LogP contribution in [-0.2, 0) is 17.6 Å². The molecule has 0 unspecified atom stereocenters. The Kier molecular flexibility index (Phi) is 10.6. The summed E-state index contributed by atoms with van der Waals surface area (Å²) in [6.07, 6.45) is 2.99. The number of urea groups is 1. The number of hydrogen-bond acceptors (Lipinski definition) is 5. The molecule has 0 radical (unpaired) electrons. The molecule has 9 heteroatoms. The third kappa shape index (κ3) is 9.40. The molecular weight excluding hydrogens is 488 g/mol. The van der Waals surface area contributed by atoms with Crippen LogP contribution in [0.15, 0.2) is 84.9 Å². The van der Waals surface area contributed by atoms with Crippen molar-refractivity contribution in [1.29, 1.82) is 0 Å². The molecule has 1 aromatic heterocycles. The molecule has 0 atom stereocenters. The molecule has 8 nitrogen and oxygen atoms in total. The number of hydrogen-bond donors (Lipinski definition) is 5. The standard InChI is InChI=1S/C18H16N2O3S.C10H14N2O/c21-17(9-6-12-4-2-1-3-5-12)19-14-7-8-15-13(10-14)11-16(24-15)18(22)20-23;11-10(13)12-8-4-7-9-5-2-1-3-6-9/h1-5,7-8,10-11,23H,6,9H2,(H,19,21)(H,20,22);1-3,5-6H,4,7-8H2,(H3,11,12,13). The predicted octanol–water partition coefficient (Wildman–Crippen LogP) is 4.88. The van der Waals surface area contributed by atoms with E-state index in [1.807, 2.05) is 60.7 Å². The largest absolute Gasteiger partial charge is 0.352 e. The molecule has 0 spiro atoms. The van der Waals surface area contributed by atoms with E-state index in [4.69, 9.17) is 10.9 Å². The second kappa shape index (κ2) is 14.4. The van der Waals surface area contributed by atoms with Gasteiger partial charge < -0.3 is 16.4 Å². The molecule has 1 heterocycles. The van der Waals surface area contributed by atoms with Crippen LogP contribution in [0, 0.1) is 0 Å². The molecule has 6 N–H and O–H groups in total. The van der Waals surface area contributed by atoms with Gasteiger partial charge in [-0.3, -0.25) is 14.8 Å². The molecule has 3 aromatic carbocycles. The van der Waals surface area contributed by atoms with Crippen molar-refractivity contribution in [3.8, 4) is 0 Å². The van der Waals surface area contributed by atoms with Crippen LogP contribution in [0.1, 0.15) is 33.6 Å². The molecule has 37 heavy (non-hydrogen) atoms. The van der Waals surface area contributed by atoms with E-state index in [1.54, 1.807) is 17.6 Å². The number of benzene rings is 3. The molecule has 0 bridgehead atoms. The maximum atomic E-state index is 12.1. The van der Waals surface area contributed by atoms with Crippen molar-refractivity contribution in [2.45, 2.75) is 25.7 Å². The van der Waals surface area contributed by atoms with Crippen molar-refractivity contribution in [1.82, 2.24) is 10.8 Å². The summed E-state index contributed by atoms with van der Waals surface area (Å²) in [7, 11) is 0. The lowest BCUT2D eigenvalue weighted by molar-refractivity contribution is -0.116. The molecule has 0 aliphatic rings. The van der Waals surface area contributed by atoms with Crippen molar-refractivity contribution in [2.75, 3.05) is 11.9 Å². The van der Waals surface area contributed by atoms with Crippen molar-refractivity contribution in [2.24, 2.45) is 5.73 Å². The SMILES string of the molecule is NC(=O)NCCCc1ccccc1.O=C(CCc1ccccc1)Nc1ccc2sc(C(=O)NO)cc2c1. The van der Waals surface area contributed by atoms with Gasteiger partial charge in [0.2, 0.25) is 5.91 Å². The average Bonchev–Trinajstić information content (AvgIpc) is 3.34. The Labute approximate surface area is 219 Å². The van der Waals surface area contributed by atoms with Gasteiger partial charge in [-0.05, 0) is 60.0 Å². The van der Waals surface area contributed by atoms with Crippen molar-refractivity contribution in [3.05, 3.63) is 101 Å². The first kappa shape index (κ1) is 27.4. The fraction of sp³-hybridized carbons (Fsp3) is 0.179. The summed E-state index contributed by atoms with van der Waals surface area (Å²) in [5.74, 6) is -0.591. The number of primary amides is 1. The normalized spacial score (nSPS) is 10.2. The summed E-state index contributed by atoms with van der Waals surface area (Å²) >= 11 is 1.28. The van der Waals surface area contributed by atoms with Crippen LogP contribution >= 0.6 is 11.3 Å². The number of nitrogens with one attached hydrogen (secondary N) is 3. The Morgan fingerprint density at radius 1 is 0.838 bits per heavy atom. The van der Waals surface area contributed by atoms with Gasteiger partial charge in [0.1, 0.15) is 0 Å². The molecular formula is C28H30N4O4S. The van der Waals surface area contributed by atoms with E-state index < -0.39 is 11.9 Å². The maximum Gasteiger partial charge on any atom is 0.312 e. The van der Waals surface area contributed by atoms with Gasteiger partial charge in [-0.2, -0.15) is 0 Å². The highest BCUT2D eigenvalue weighted by Crippen LogP contribution is 2.28. The van der Waals surface area contributed by atoms with Crippen LogP contribution in [0.5, 0.6) is 0 Å². The minimum Gasteiger partial charge on any atom is -0.352 e. The van der Waals surface area contributed by atoms with Gasteiger partial charge in [-0.25, -0.2) is 10.3 Å². The second-order valence-corrected chi connectivity index (χ2v) is 9.30. The van der Waals surface area contributed by atoms with E-state index in [2.05, 4.69) is 22.8 Å². The van der Waals surface area contributed by atoms with Crippen molar-refractivity contribution >= 4 is 45.0 Å². The van der Waals surface area contributed by atoms with Crippen LogP contribution in [0.25, 0.3) is 10.1 Å². The van der Waals surface area contributed by atoms with Crippen molar-refractivity contribution < 1.29 is 19.6 Å². The fourth-order valence-corrected chi connectivity index (χ4v) is 4.50. The van der Waals surface area contributed by atoms with E-state index in [0.29, 0.717) is 30.0 Å². The Balaban J connectivity index is 0.000000248. The van der Waals surface area contributed by atoms with E-state index >= 15 is 0 Å². The summed E-state index contributed by atoms with van der Waals surface area (Å²) in [5, 5.41) is 15.0. The van der Waals surface area contributed by atoms with Gasteiger partial charge in [-0.15, -0.1) is 11.3 Å². The van der Waals surface area contributed by atoms with E-state index in [0.717, 1.165) is 28.5 Å². The molecule has 0 aliphatic carbocycles. The molecule has 0 fully saturated rings. The highest BCUT2D eigenvalue weighted by atomic mass is 32.1. The summed E-state index contributed by atoms with van der Waals surface area (Å²) in [6, 6.07) is 26.7. The monoisotopic (exact) mass is 518 g/mol. The number of aryl methyl sites for hydroxylation is 2. The summed E-state index contributed by atoms with van der Waals surface area (Å²) in [5.41, 5.74) is 9.65. The second-order valence-electron chi connectivity index (χ2n) is 8.22. The van der Waals surface area contributed by atoms with Gasteiger partial charge in [0.25, 0.3) is 5.91 Å². The van der Waals surface area contributed by atoms with Crippen LogP contribution in [0.2, 0.25) is 0 Å². The number of fused-ring (bicyclic) bond motifs is 1. The number of carbonyl (C=O) groups excluding carboxylic acids is 3. The van der Waals surface area contributed by atoms with Gasteiger partial charge >= 0.3 is 6.03 Å². The average molecular weight is 519 g/mol. The number of rotatable bonds is 9. The lowest BCUT2D eigenvalue weighted by Gasteiger charge is -2.05. The Morgan fingerprint density at radius 3 is 2.11 bits per heavy atom. The minimum atomic E-state index is -0.537. The number of nitrogens with two attached hydrogens (primary N) is 1. The molecule has 4 amide bonds. The third-order valence-corrected chi connectivity index (χ3v) is 6.51. The minimum absolute atomic E-state index is 0.0539. The Bertz CT molecular complexity index is 1310. The number of thiophene rings is 1. The van der Waals surface area contributed by atoms with E-state index in [-0.39, 0.29) is 5.91 Å². The molecule has 0 saturated carbocycles. The lowest BCUT2D eigenvalue weighted by atomic mass is 10.1. The molecule has 0 saturated heterocycles. The zero-order chi connectivity index (χ0) is 26.5. The molecule has 4 rings (SSSR count). The maximum absolute atomic E-state index is 12.1. The molecule has 4 aromatic rings. The van der Waals surface area contributed by atoms with Gasteiger partial charge in [0.15, 0.2) is 0 Å². The van der Waals surface area contributed by atoms with Gasteiger partial charge in [0.05, 0.1) is 4.88 Å². The quantitative estimate of drug-likeness (QED) is 0.123. The molecule has 0 aliphatic heterocycles. The Hall–Kier alpha value is -4.21. The van der Waals surface area contributed by atoms with Crippen LogP contribution in [0.4, 0.5) is 10.5 Å². The summed E-state index contributed by atoms with van der Waals surface area (Å²) < 4.78 is 0.913. The van der Waals surface area contributed by atoms with Crippen LogP contribution < -0.4 is 21.8 Å². The van der Waals surface area contributed by atoms with Crippen LogP contribution in [-0.4, -0.2) is 29.6 Å². The van der Waals surface area contributed by atoms with Crippen molar-refractivity contribution in [3.63, 3.8) is 0 Å². The highest BCUT2D eigenvalue weighted by molar-refractivity contribution is 7.20. The van der Waals surface area contributed by atoms with Gasteiger partial charge in [-0.1, -0.05) is 60.7 Å². The summed E-state index contributed by atoms with van der Waals surface area (Å²) in [4.78, 5) is 34.3. The first-order chi connectivity index (χ1) is 17.9. The highest BCUT2D eigenvalue weighted by Gasteiger charge is 2.10. The Morgan fingerprint density at radius 2 is 1.49 bits per heavy atom. The first-order valence-corrected chi connectivity index (χ1v) is 12.7. The fourth-order valence-electron chi connectivity index (χ4n) is 3.56. The zero-order valence-electron chi connectivity index (χ0n) is 20.3. The van der Waals surface area contributed by atoms with Gasteiger partial charge in [0, 0.05) is 23.4 Å². The summed E-state index contributed by atoms with van der Waals surface area (Å²) in [6.45, 7) is 0.643. The van der Waals surface area contributed by atoms with E-state index in [9.17, 15) is 14.4 Å². The number of hydroxylamine groups is 1. The zero-order valence-corrected chi connectivity index (χ0v) is 21.1. The number of amides is 4. The number of carbonyl (C=O) groups is 3. The number of anilines is 1. The smallest absolute Gasteiger partial charge is 0.312 e. The molecule has 192 valence electrons. The first-order valence-electron chi connectivity index (χ1n) is 11.8. The topological polar surface area (TPSA) is 134 Å². The predicted molar refractivity (Wildman–Crippen MR) is 147 cm³/mol. The third-order valence-electron chi connectivity index (χ3n) is 5.39. The lowest BCUT2D eigenvalue weighted by Crippen LogP contribution is -2.30. The van der Waals surface area contributed by atoms with Crippen LogP contribution in [0.3, 0.4) is 0 Å².